The lowest BCUT2D eigenvalue weighted by molar-refractivity contribution is 0.0706. The Kier molecular flexibility index (Phi) is 5.87. The lowest BCUT2D eigenvalue weighted by Crippen LogP contribution is -2.39. The van der Waals surface area contributed by atoms with Crippen LogP contribution >= 0.6 is 22.9 Å². The minimum atomic E-state index is -0.302. The van der Waals surface area contributed by atoms with E-state index >= 15 is 0 Å². The maximum absolute atomic E-state index is 12.7. The molecule has 4 rings (SSSR count). The smallest absolute Gasteiger partial charge is 0.286 e. The molecule has 148 valence electrons. The highest BCUT2D eigenvalue weighted by molar-refractivity contribution is 7.13. The van der Waals surface area contributed by atoms with Crippen LogP contribution in [0.2, 0.25) is 5.02 Å². The van der Waals surface area contributed by atoms with Crippen molar-refractivity contribution in [2.45, 2.75) is 18.8 Å². The number of hydrogen-bond acceptors (Lipinski definition) is 5. The van der Waals surface area contributed by atoms with E-state index in [9.17, 15) is 9.59 Å². The maximum atomic E-state index is 12.7. The Labute approximate surface area is 177 Å². The van der Waals surface area contributed by atoms with Gasteiger partial charge in [-0.05, 0) is 49.2 Å². The Morgan fingerprint density at radius 1 is 1.07 bits per heavy atom. The number of nitrogens with zero attached hydrogens (tertiary/aromatic N) is 3. The number of carbonyl (C=O) groups excluding carboxylic acids is 2. The normalized spacial score (nSPS) is 16.4. The van der Waals surface area contributed by atoms with Crippen molar-refractivity contribution in [1.29, 1.82) is 0 Å². The summed E-state index contributed by atoms with van der Waals surface area (Å²) in [6.07, 6.45) is 1.82. The number of benzene rings is 2. The number of anilines is 1. The van der Waals surface area contributed by atoms with Gasteiger partial charge in [0.2, 0.25) is 5.01 Å². The monoisotopic (exact) mass is 426 g/mol. The van der Waals surface area contributed by atoms with Crippen molar-refractivity contribution < 1.29 is 9.59 Å². The quantitative estimate of drug-likeness (QED) is 0.668. The molecule has 8 heteroatoms. The second kappa shape index (κ2) is 8.71. The highest BCUT2D eigenvalue weighted by Gasteiger charge is 2.28. The highest BCUT2D eigenvalue weighted by Crippen LogP contribution is 2.30. The van der Waals surface area contributed by atoms with E-state index in [2.05, 4.69) is 15.5 Å². The van der Waals surface area contributed by atoms with E-state index in [1.54, 1.807) is 24.3 Å². The molecule has 1 N–H and O–H groups in total. The molecule has 1 atom stereocenters. The first-order valence-electron chi connectivity index (χ1n) is 9.35. The van der Waals surface area contributed by atoms with Gasteiger partial charge in [-0.1, -0.05) is 41.1 Å². The molecule has 1 aromatic heterocycles. The molecule has 0 radical (unpaired) electrons. The van der Waals surface area contributed by atoms with Crippen molar-refractivity contribution in [3.63, 3.8) is 0 Å². The largest absolute Gasteiger partial charge is 0.338 e. The topological polar surface area (TPSA) is 75.2 Å². The molecule has 2 heterocycles. The number of piperidine rings is 1. The summed E-state index contributed by atoms with van der Waals surface area (Å²) in [5.74, 6) is -0.185. The van der Waals surface area contributed by atoms with E-state index in [0.717, 1.165) is 24.4 Å². The first-order valence-corrected chi connectivity index (χ1v) is 10.5. The van der Waals surface area contributed by atoms with E-state index in [0.29, 0.717) is 27.8 Å². The summed E-state index contributed by atoms with van der Waals surface area (Å²) >= 11 is 7.15. The van der Waals surface area contributed by atoms with Gasteiger partial charge in [0.05, 0.1) is 0 Å². The van der Waals surface area contributed by atoms with Crippen LogP contribution in [0.5, 0.6) is 0 Å². The Balaban J connectivity index is 1.42. The van der Waals surface area contributed by atoms with Gasteiger partial charge < -0.3 is 10.2 Å². The van der Waals surface area contributed by atoms with Gasteiger partial charge in [-0.25, -0.2) is 0 Å². The first-order chi connectivity index (χ1) is 14.1. The SMILES string of the molecule is O=C(Nc1ccc(Cl)cc1)c1nnc([C@H]2CCCN(C(=O)c3ccccc3)C2)s1. The minimum absolute atomic E-state index is 0.0283. The van der Waals surface area contributed by atoms with Crippen LogP contribution in [0.1, 0.15) is 43.9 Å². The molecule has 2 amide bonds. The zero-order valence-electron chi connectivity index (χ0n) is 15.5. The van der Waals surface area contributed by atoms with Crippen molar-refractivity contribution in [3.8, 4) is 0 Å². The van der Waals surface area contributed by atoms with Crippen molar-refractivity contribution in [1.82, 2.24) is 15.1 Å². The molecule has 3 aromatic rings. The summed E-state index contributed by atoms with van der Waals surface area (Å²) in [5.41, 5.74) is 1.34. The Morgan fingerprint density at radius 2 is 1.83 bits per heavy atom. The Hall–Kier alpha value is -2.77. The number of likely N-dealkylation sites (tertiary alicyclic amines) is 1. The molecule has 0 bridgehead atoms. The maximum Gasteiger partial charge on any atom is 0.286 e. The van der Waals surface area contributed by atoms with E-state index in [1.165, 1.54) is 11.3 Å². The standard InChI is InChI=1S/C21H19ClN4O2S/c22-16-8-10-17(11-9-16)23-18(27)20-25-24-19(29-20)15-7-4-12-26(13-15)21(28)14-5-2-1-3-6-14/h1-3,5-6,8-11,15H,4,7,12-13H2,(H,23,27)/t15-/m0/s1. The predicted molar refractivity (Wildman–Crippen MR) is 114 cm³/mol. The van der Waals surface area contributed by atoms with Crippen LogP contribution in [-0.2, 0) is 0 Å². The van der Waals surface area contributed by atoms with E-state index < -0.39 is 0 Å². The van der Waals surface area contributed by atoms with Crippen molar-refractivity contribution in [2.75, 3.05) is 18.4 Å². The third kappa shape index (κ3) is 4.63. The summed E-state index contributed by atoms with van der Waals surface area (Å²) in [4.78, 5) is 27.0. The number of rotatable bonds is 4. The highest BCUT2D eigenvalue weighted by atomic mass is 35.5. The number of aromatic nitrogens is 2. The number of carbonyl (C=O) groups is 2. The molecule has 0 aliphatic carbocycles. The number of halogens is 1. The summed E-state index contributed by atoms with van der Waals surface area (Å²) in [6.45, 7) is 1.31. The van der Waals surface area contributed by atoms with Crippen LogP contribution < -0.4 is 5.32 Å². The number of nitrogens with one attached hydrogen (secondary N) is 1. The third-order valence-electron chi connectivity index (χ3n) is 4.82. The lowest BCUT2D eigenvalue weighted by atomic mass is 9.98. The van der Waals surface area contributed by atoms with Crippen LogP contribution in [0.15, 0.2) is 54.6 Å². The van der Waals surface area contributed by atoms with E-state index in [-0.39, 0.29) is 17.7 Å². The molecule has 1 saturated heterocycles. The Bertz CT molecular complexity index is 1010. The number of hydrogen-bond donors (Lipinski definition) is 1. The van der Waals surface area contributed by atoms with Crippen molar-refractivity contribution >= 4 is 40.4 Å². The summed E-state index contributed by atoms with van der Waals surface area (Å²) in [7, 11) is 0. The van der Waals surface area contributed by atoms with Crippen LogP contribution in [0.4, 0.5) is 5.69 Å². The first kappa shape index (κ1) is 19.5. The van der Waals surface area contributed by atoms with Gasteiger partial charge in [0.15, 0.2) is 0 Å². The molecule has 0 spiro atoms. The fourth-order valence-electron chi connectivity index (χ4n) is 3.34. The fourth-order valence-corrected chi connectivity index (χ4v) is 4.33. The van der Waals surface area contributed by atoms with Crippen molar-refractivity contribution in [3.05, 3.63) is 75.2 Å². The zero-order valence-corrected chi connectivity index (χ0v) is 17.1. The van der Waals surface area contributed by atoms with Crippen LogP contribution in [-0.4, -0.2) is 40.0 Å². The predicted octanol–water partition coefficient (Wildman–Crippen LogP) is 4.46. The molecule has 6 nitrogen and oxygen atoms in total. The second-order valence-electron chi connectivity index (χ2n) is 6.86. The van der Waals surface area contributed by atoms with Gasteiger partial charge in [-0.15, -0.1) is 10.2 Å². The average Bonchev–Trinajstić information content (AvgIpc) is 3.26. The Morgan fingerprint density at radius 3 is 2.59 bits per heavy atom. The van der Waals surface area contributed by atoms with Crippen LogP contribution in [0.25, 0.3) is 0 Å². The molecular formula is C21H19ClN4O2S. The third-order valence-corrected chi connectivity index (χ3v) is 6.15. The molecule has 1 fully saturated rings. The second-order valence-corrected chi connectivity index (χ2v) is 8.31. The fraction of sp³-hybridized carbons (Fsp3) is 0.238. The van der Waals surface area contributed by atoms with Gasteiger partial charge in [0, 0.05) is 35.3 Å². The molecule has 29 heavy (non-hydrogen) atoms. The van der Waals surface area contributed by atoms with Gasteiger partial charge >= 0.3 is 0 Å². The van der Waals surface area contributed by atoms with Crippen LogP contribution in [0.3, 0.4) is 0 Å². The minimum Gasteiger partial charge on any atom is -0.338 e. The molecular weight excluding hydrogens is 408 g/mol. The van der Waals surface area contributed by atoms with Gasteiger partial charge in [-0.2, -0.15) is 0 Å². The van der Waals surface area contributed by atoms with Crippen molar-refractivity contribution in [2.24, 2.45) is 0 Å². The molecule has 1 aliphatic heterocycles. The molecule has 2 aromatic carbocycles. The van der Waals surface area contributed by atoms with Gasteiger partial charge in [0.1, 0.15) is 5.01 Å². The molecule has 0 unspecified atom stereocenters. The summed E-state index contributed by atoms with van der Waals surface area (Å²) in [5, 5.41) is 12.8. The lowest BCUT2D eigenvalue weighted by Gasteiger charge is -2.31. The zero-order chi connectivity index (χ0) is 20.2. The number of amides is 2. The molecule has 1 aliphatic rings. The van der Waals surface area contributed by atoms with Gasteiger partial charge in [0.25, 0.3) is 11.8 Å². The summed E-state index contributed by atoms with van der Waals surface area (Å²) < 4.78 is 0. The summed E-state index contributed by atoms with van der Waals surface area (Å²) in [6, 6.07) is 16.2. The van der Waals surface area contributed by atoms with Crippen LogP contribution in [0, 0.1) is 0 Å². The van der Waals surface area contributed by atoms with Gasteiger partial charge in [-0.3, -0.25) is 9.59 Å². The average molecular weight is 427 g/mol. The van der Waals surface area contributed by atoms with E-state index in [4.69, 9.17) is 11.6 Å². The molecule has 0 saturated carbocycles. The van der Waals surface area contributed by atoms with E-state index in [1.807, 2.05) is 35.2 Å².